The van der Waals surface area contributed by atoms with Gasteiger partial charge in [-0.25, -0.2) is 4.79 Å². The summed E-state index contributed by atoms with van der Waals surface area (Å²) in [5, 5.41) is 9.51. The van der Waals surface area contributed by atoms with Crippen LogP contribution in [0.4, 0.5) is 4.79 Å². The molecule has 1 N–H and O–H groups in total. The van der Waals surface area contributed by atoms with Gasteiger partial charge < -0.3 is 14.9 Å². The smallest absolute Gasteiger partial charge is 0.320 e. The molecule has 2 aliphatic rings. The van der Waals surface area contributed by atoms with Crippen LogP contribution in [0.1, 0.15) is 20.8 Å². The van der Waals surface area contributed by atoms with Crippen molar-refractivity contribution in [3.63, 3.8) is 0 Å². The maximum Gasteiger partial charge on any atom is 0.320 e. The third kappa shape index (κ3) is 3.63. The van der Waals surface area contributed by atoms with Crippen LogP contribution in [0.3, 0.4) is 0 Å². The highest BCUT2D eigenvalue weighted by molar-refractivity contribution is 8.00. The molecule has 2 heterocycles. The Balaban J connectivity index is 1.89. The lowest BCUT2D eigenvalue weighted by molar-refractivity contribution is -0.143. The number of nitrogens with zero attached hydrogens (tertiary/aromatic N) is 3. The minimum Gasteiger partial charge on any atom is -0.480 e. The van der Waals surface area contributed by atoms with Crippen molar-refractivity contribution >= 4 is 23.8 Å². The molecule has 0 aromatic rings. The van der Waals surface area contributed by atoms with E-state index in [0.29, 0.717) is 31.4 Å². The summed E-state index contributed by atoms with van der Waals surface area (Å²) in [6, 6.07) is -0.114. The Morgan fingerprint density at radius 1 is 1.14 bits per heavy atom. The Kier molecular flexibility index (Phi) is 5.37. The van der Waals surface area contributed by atoms with Gasteiger partial charge in [0.25, 0.3) is 0 Å². The molecule has 0 aromatic heterocycles. The highest BCUT2D eigenvalue weighted by Crippen LogP contribution is 2.25. The zero-order valence-electron chi connectivity index (χ0n) is 13.0. The molecule has 2 saturated heterocycles. The average Bonchev–Trinajstić information content (AvgIpc) is 2.48. The maximum atomic E-state index is 12.6. The van der Waals surface area contributed by atoms with Gasteiger partial charge in [0.2, 0.25) is 0 Å². The minimum atomic E-state index is -0.801. The summed E-state index contributed by atoms with van der Waals surface area (Å²) in [6.07, 6.45) is 0. The van der Waals surface area contributed by atoms with Crippen molar-refractivity contribution in [1.29, 1.82) is 0 Å². The van der Waals surface area contributed by atoms with Crippen molar-refractivity contribution in [3.05, 3.63) is 0 Å². The van der Waals surface area contributed by atoms with Gasteiger partial charge in [-0.15, -0.1) is 0 Å². The van der Waals surface area contributed by atoms with E-state index in [2.05, 4.69) is 13.8 Å². The molecule has 0 saturated carbocycles. The maximum absolute atomic E-state index is 12.6. The number of amides is 2. The van der Waals surface area contributed by atoms with E-state index in [0.717, 1.165) is 12.3 Å². The van der Waals surface area contributed by atoms with Gasteiger partial charge in [0.15, 0.2) is 0 Å². The highest BCUT2D eigenvalue weighted by Gasteiger charge is 2.34. The fourth-order valence-electron chi connectivity index (χ4n) is 2.84. The molecule has 0 aromatic carbocycles. The van der Waals surface area contributed by atoms with Gasteiger partial charge >= 0.3 is 12.0 Å². The van der Waals surface area contributed by atoms with Crippen LogP contribution >= 0.6 is 11.8 Å². The van der Waals surface area contributed by atoms with Crippen molar-refractivity contribution in [3.8, 4) is 0 Å². The topological polar surface area (TPSA) is 64.1 Å². The van der Waals surface area contributed by atoms with Crippen LogP contribution in [0, 0.1) is 0 Å². The number of rotatable bonds is 2. The molecule has 2 amide bonds. The quantitative estimate of drug-likeness (QED) is 0.824. The first-order valence-corrected chi connectivity index (χ1v) is 8.60. The number of aliphatic carboxylic acids is 1. The molecular weight excluding hydrogens is 290 g/mol. The molecule has 2 aliphatic heterocycles. The van der Waals surface area contributed by atoms with Crippen LogP contribution in [-0.2, 0) is 4.79 Å². The van der Waals surface area contributed by atoms with Crippen molar-refractivity contribution in [2.24, 2.45) is 0 Å². The summed E-state index contributed by atoms with van der Waals surface area (Å²) in [5.74, 6) is 0.193. The molecule has 0 aliphatic carbocycles. The molecule has 7 heteroatoms. The first kappa shape index (κ1) is 16.4. The number of thioether (sulfide) groups is 1. The zero-order valence-corrected chi connectivity index (χ0v) is 13.8. The largest absolute Gasteiger partial charge is 0.480 e. The summed E-state index contributed by atoms with van der Waals surface area (Å²) in [6.45, 7) is 9.27. The predicted octanol–water partition coefficient (Wildman–Crippen LogP) is 1.02. The zero-order chi connectivity index (χ0) is 15.6. The fourth-order valence-corrected chi connectivity index (χ4v) is 3.94. The molecule has 6 nitrogen and oxygen atoms in total. The number of carbonyl (C=O) groups is 2. The Hall–Kier alpha value is -0.950. The van der Waals surface area contributed by atoms with E-state index in [1.165, 1.54) is 0 Å². The van der Waals surface area contributed by atoms with Crippen LogP contribution in [0.2, 0.25) is 0 Å². The molecule has 120 valence electrons. The molecule has 0 radical (unpaired) electrons. The molecule has 2 rings (SSSR count). The second-order valence-corrected chi connectivity index (χ2v) is 7.31. The molecule has 2 fully saturated rings. The van der Waals surface area contributed by atoms with Crippen molar-refractivity contribution in [2.45, 2.75) is 38.1 Å². The second-order valence-electron chi connectivity index (χ2n) is 5.83. The Labute approximate surface area is 130 Å². The lowest BCUT2D eigenvalue weighted by Crippen LogP contribution is -2.58. The standard InChI is InChI=1S/C14H25N3O3S/c1-10-12(3)21-9-8-17(10)14(20)16-6-4-15(5-7-16)11(2)13(18)19/h10-12H,4-9H2,1-3H3,(H,18,19). The number of hydrogen-bond donors (Lipinski definition) is 1. The fraction of sp³-hybridized carbons (Fsp3) is 0.857. The van der Waals surface area contributed by atoms with Crippen molar-refractivity contribution in [1.82, 2.24) is 14.7 Å². The van der Waals surface area contributed by atoms with Gasteiger partial charge in [-0.1, -0.05) is 6.92 Å². The predicted molar refractivity (Wildman–Crippen MR) is 83.7 cm³/mol. The number of urea groups is 1. The second kappa shape index (κ2) is 6.87. The SMILES string of the molecule is CC1SCCN(C(=O)N2CCN(C(C)C(=O)O)CC2)C1C. The number of carboxylic acid groups (broad SMARTS) is 1. The highest BCUT2D eigenvalue weighted by atomic mass is 32.2. The van der Waals surface area contributed by atoms with Gasteiger partial charge in [-0.05, 0) is 13.8 Å². The van der Waals surface area contributed by atoms with Gasteiger partial charge in [-0.3, -0.25) is 9.69 Å². The Morgan fingerprint density at radius 2 is 1.76 bits per heavy atom. The molecule has 3 atom stereocenters. The van der Waals surface area contributed by atoms with Gasteiger partial charge in [0.05, 0.1) is 0 Å². The van der Waals surface area contributed by atoms with E-state index in [1.807, 2.05) is 26.5 Å². The number of hydrogen-bond acceptors (Lipinski definition) is 4. The first-order chi connectivity index (χ1) is 9.91. The average molecular weight is 315 g/mol. The lowest BCUT2D eigenvalue weighted by Gasteiger charge is -2.43. The van der Waals surface area contributed by atoms with E-state index in [1.54, 1.807) is 6.92 Å². The third-order valence-electron chi connectivity index (χ3n) is 4.62. The number of carboxylic acids is 1. The summed E-state index contributed by atoms with van der Waals surface area (Å²) in [4.78, 5) is 29.4. The normalized spacial score (nSPS) is 29.3. The van der Waals surface area contributed by atoms with Crippen LogP contribution in [0.5, 0.6) is 0 Å². The summed E-state index contributed by atoms with van der Waals surface area (Å²) in [5.41, 5.74) is 0. The van der Waals surface area contributed by atoms with Gasteiger partial charge in [-0.2, -0.15) is 11.8 Å². The number of piperazine rings is 1. The van der Waals surface area contributed by atoms with E-state index in [4.69, 9.17) is 5.11 Å². The molecule has 0 spiro atoms. The monoisotopic (exact) mass is 315 g/mol. The summed E-state index contributed by atoms with van der Waals surface area (Å²) < 4.78 is 0. The van der Waals surface area contributed by atoms with Crippen molar-refractivity contribution < 1.29 is 14.7 Å². The summed E-state index contributed by atoms with van der Waals surface area (Å²) in [7, 11) is 0. The van der Waals surface area contributed by atoms with Crippen LogP contribution < -0.4 is 0 Å². The van der Waals surface area contributed by atoms with E-state index in [9.17, 15) is 9.59 Å². The molecule has 0 bridgehead atoms. The van der Waals surface area contributed by atoms with E-state index in [-0.39, 0.29) is 12.1 Å². The number of carbonyl (C=O) groups excluding carboxylic acids is 1. The third-order valence-corrected chi connectivity index (χ3v) is 5.96. The van der Waals surface area contributed by atoms with Gasteiger partial charge in [0.1, 0.15) is 6.04 Å². The first-order valence-electron chi connectivity index (χ1n) is 7.56. The lowest BCUT2D eigenvalue weighted by atomic mass is 10.2. The van der Waals surface area contributed by atoms with Crippen LogP contribution in [-0.4, -0.2) is 87.6 Å². The van der Waals surface area contributed by atoms with E-state index < -0.39 is 12.0 Å². The molecule has 21 heavy (non-hydrogen) atoms. The Morgan fingerprint density at radius 3 is 2.33 bits per heavy atom. The minimum absolute atomic E-state index is 0.109. The summed E-state index contributed by atoms with van der Waals surface area (Å²) >= 11 is 1.92. The Bertz CT molecular complexity index is 399. The van der Waals surface area contributed by atoms with Gasteiger partial charge in [0, 0.05) is 49.8 Å². The van der Waals surface area contributed by atoms with Crippen LogP contribution in [0.25, 0.3) is 0 Å². The van der Waals surface area contributed by atoms with Crippen LogP contribution in [0.15, 0.2) is 0 Å². The molecule has 3 unspecified atom stereocenters. The molecular formula is C14H25N3O3S. The van der Waals surface area contributed by atoms with E-state index >= 15 is 0 Å². The van der Waals surface area contributed by atoms with Crippen molar-refractivity contribution in [2.75, 3.05) is 38.5 Å².